The first-order chi connectivity index (χ1) is 9.99. The molecule has 0 amide bonds. The van der Waals surface area contributed by atoms with E-state index in [-0.39, 0.29) is 0 Å². The highest BCUT2D eigenvalue weighted by atomic mass is 79.9. The van der Waals surface area contributed by atoms with Crippen molar-refractivity contribution in [3.05, 3.63) is 45.9 Å². The summed E-state index contributed by atoms with van der Waals surface area (Å²) in [6.07, 6.45) is 0.975. The number of nitrogen functional groups attached to an aromatic ring is 1. The molecule has 112 valence electrons. The molecule has 0 atom stereocenters. The number of nitrogens with one attached hydrogen (secondary N) is 1. The number of anilines is 3. The molecule has 3 N–H and O–H groups in total. The highest BCUT2D eigenvalue weighted by molar-refractivity contribution is 9.10. The van der Waals surface area contributed by atoms with Crippen molar-refractivity contribution in [2.24, 2.45) is 0 Å². The highest BCUT2D eigenvalue weighted by Gasteiger charge is 2.06. The van der Waals surface area contributed by atoms with Crippen molar-refractivity contribution in [1.82, 2.24) is 0 Å². The van der Waals surface area contributed by atoms with Crippen LogP contribution >= 0.6 is 15.9 Å². The summed E-state index contributed by atoms with van der Waals surface area (Å²) in [4.78, 5) is 0. The van der Waals surface area contributed by atoms with Gasteiger partial charge in [0.25, 0.3) is 0 Å². The summed E-state index contributed by atoms with van der Waals surface area (Å²) >= 11 is 3.52. The first kappa shape index (κ1) is 15.7. The van der Waals surface area contributed by atoms with Crippen molar-refractivity contribution in [2.75, 3.05) is 17.7 Å². The van der Waals surface area contributed by atoms with Gasteiger partial charge in [0.15, 0.2) is 0 Å². The van der Waals surface area contributed by atoms with E-state index in [1.807, 2.05) is 18.2 Å². The van der Waals surface area contributed by atoms with Crippen LogP contribution in [0.3, 0.4) is 0 Å². The van der Waals surface area contributed by atoms with Crippen LogP contribution in [0.15, 0.2) is 34.8 Å². The Balaban J connectivity index is 2.29. The Bertz CT molecular complexity index is 618. The Hall–Kier alpha value is -1.68. The number of rotatable bonds is 5. The molecule has 3 nitrogen and oxygen atoms in total. The summed E-state index contributed by atoms with van der Waals surface area (Å²) in [7, 11) is 0. The zero-order valence-electron chi connectivity index (χ0n) is 12.7. The second kappa shape index (κ2) is 6.85. The molecule has 0 aliphatic carbocycles. The fourth-order valence-corrected chi connectivity index (χ4v) is 2.94. The van der Waals surface area contributed by atoms with Gasteiger partial charge in [0.2, 0.25) is 0 Å². The summed E-state index contributed by atoms with van der Waals surface area (Å²) in [6.45, 7) is 6.95. The molecule has 0 bridgehead atoms. The van der Waals surface area contributed by atoms with Crippen LogP contribution in [0.5, 0.6) is 5.75 Å². The van der Waals surface area contributed by atoms with Crippen LogP contribution in [0.1, 0.15) is 24.5 Å². The molecule has 4 heteroatoms. The van der Waals surface area contributed by atoms with Crippen LogP contribution < -0.4 is 15.8 Å². The maximum absolute atomic E-state index is 5.96. The monoisotopic (exact) mass is 348 g/mol. The molecule has 0 unspecified atom stereocenters. The lowest BCUT2D eigenvalue weighted by molar-refractivity contribution is 0.318. The number of hydrogen-bond acceptors (Lipinski definition) is 3. The second-order valence-corrected chi connectivity index (χ2v) is 6.09. The number of halogens is 1. The van der Waals surface area contributed by atoms with Crippen LogP contribution in [-0.2, 0) is 0 Å². The van der Waals surface area contributed by atoms with Crippen LogP contribution in [0.2, 0.25) is 0 Å². The van der Waals surface area contributed by atoms with Gasteiger partial charge in [-0.25, -0.2) is 0 Å². The van der Waals surface area contributed by atoms with E-state index in [0.29, 0.717) is 12.3 Å². The number of aryl methyl sites for hydroxylation is 2. The lowest BCUT2D eigenvalue weighted by atomic mass is 10.1. The van der Waals surface area contributed by atoms with Crippen molar-refractivity contribution >= 4 is 33.0 Å². The van der Waals surface area contributed by atoms with Gasteiger partial charge in [-0.15, -0.1) is 0 Å². The largest absolute Gasteiger partial charge is 0.493 e. The molecule has 0 fully saturated rings. The summed E-state index contributed by atoms with van der Waals surface area (Å²) in [5.74, 6) is 0.798. The Kier molecular flexibility index (Phi) is 5.12. The fraction of sp³-hybridized carbons (Fsp3) is 0.294. The Morgan fingerprint density at radius 3 is 2.38 bits per heavy atom. The Morgan fingerprint density at radius 1 is 1.10 bits per heavy atom. The first-order valence-corrected chi connectivity index (χ1v) is 7.86. The third kappa shape index (κ3) is 4.14. The van der Waals surface area contributed by atoms with Gasteiger partial charge < -0.3 is 15.8 Å². The van der Waals surface area contributed by atoms with Gasteiger partial charge in [0, 0.05) is 33.7 Å². The topological polar surface area (TPSA) is 47.3 Å². The molecule has 21 heavy (non-hydrogen) atoms. The van der Waals surface area contributed by atoms with E-state index < -0.39 is 0 Å². The van der Waals surface area contributed by atoms with E-state index in [2.05, 4.69) is 54.2 Å². The predicted molar refractivity (Wildman–Crippen MR) is 93.5 cm³/mol. The van der Waals surface area contributed by atoms with E-state index in [4.69, 9.17) is 10.5 Å². The van der Waals surface area contributed by atoms with Crippen LogP contribution in [0.25, 0.3) is 0 Å². The van der Waals surface area contributed by atoms with Crippen molar-refractivity contribution in [3.8, 4) is 5.75 Å². The average Bonchev–Trinajstić information content (AvgIpc) is 2.40. The van der Waals surface area contributed by atoms with Gasteiger partial charge in [-0.3, -0.25) is 0 Å². The molecule has 2 aromatic rings. The average molecular weight is 349 g/mol. The molecular formula is C17H21BrN2O. The van der Waals surface area contributed by atoms with Gasteiger partial charge in [-0.1, -0.05) is 22.9 Å². The number of ether oxygens (including phenoxy) is 1. The molecule has 0 saturated carbocycles. The van der Waals surface area contributed by atoms with E-state index in [9.17, 15) is 0 Å². The minimum atomic E-state index is 0.693. The normalized spacial score (nSPS) is 10.5. The SMILES string of the molecule is CCCOc1cc(N)cc(Nc2c(C)cc(Br)cc2C)c1. The van der Waals surface area contributed by atoms with Gasteiger partial charge in [0.05, 0.1) is 6.61 Å². The lowest BCUT2D eigenvalue weighted by Gasteiger charge is -2.15. The molecule has 0 spiro atoms. The zero-order valence-corrected chi connectivity index (χ0v) is 14.3. The molecule has 0 saturated heterocycles. The summed E-state index contributed by atoms with van der Waals surface area (Å²) in [5, 5.41) is 3.44. The fourth-order valence-electron chi connectivity index (χ4n) is 2.25. The standard InChI is InChI=1S/C17H21BrN2O/c1-4-5-21-16-9-14(19)8-15(10-16)20-17-11(2)6-13(18)7-12(17)3/h6-10,20H,4-5,19H2,1-3H3. The highest BCUT2D eigenvalue weighted by Crippen LogP contribution is 2.30. The first-order valence-electron chi connectivity index (χ1n) is 7.06. The van der Waals surface area contributed by atoms with E-state index in [1.165, 1.54) is 11.1 Å². The summed E-state index contributed by atoms with van der Waals surface area (Å²) in [6, 6.07) is 9.93. The molecule has 0 radical (unpaired) electrons. The number of nitrogens with two attached hydrogens (primary N) is 1. The van der Waals surface area contributed by atoms with E-state index in [1.54, 1.807) is 0 Å². The molecule has 0 aliphatic rings. The Morgan fingerprint density at radius 2 is 1.76 bits per heavy atom. The maximum Gasteiger partial charge on any atom is 0.123 e. The van der Waals surface area contributed by atoms with Crippen LogP contribution in [-0.4, -0.2) is 6.61 Å². The third-order valence-electron chi connectivity index (χ3n) is 3.17. The van der Waals surface area contributed by atoms with Gasteiger partial charge >= 0.3 is 0 Å². The third-order valence-corrected chi connectivity index (χ3v) is 3.63. The van der Waals surface area contributed by atoms with Gasteiger partial charge in [-0.05, 0) is 49.6 Å². The minimum absolute atomic E-state index is 0.693. The van der Waals surface area contributed by atoms with E-state index in [0.717, 1.165) is 28.0 Å². The summed E-state index contributed by atoms with van der Waals surface area (Å²) < 4.78 is 6.75. The molecule has 0 aromatic heterocycles. The smallest absolute Gasteiger partial charge is 0.123 e. The quantitative estimate of drug-likeness (QED) is 0.731. The lowest BCUT2D eigenvalue weighted by Crippen LogP contribution is -2.00. The van der Waals surface area contributed by atoms with Crippen molar-refractivity contribution in [2.45, 2.75) is 27.2 Å². The van der Waals surface area contributed by atoms with Crippen LogP contribution in [0.4, 0.5) is 17.1 Å². The van der Waals surface area contributed by atoms with Gasteiger partial charge in [-0.2, -0.15) is 0 Å². The summed E-state index contributed by atoms with van der Waals surface area (Å²) in [5.41, 5.74) is 11.1. The predicted octanol–water partition coefficient (Wildman–Crippen LogP) is 5.18. The van der Waals surface area contributed by atoms with Crippen molar-refractivity contribution < 1.29 is 4.74 Å². The molecule has 2 rings (SSSR count). The van der Waals surface area contributed by atoms with Crippen molar-refractivity contribution in [3.63, 3.8) is 0 Å². The molecule has 0 heterocycles. The molecule has 2 aromatic carbocycles. The van der Waals surface area contributed by atoms with E-state index >= 15 is 0 Å². The molecular weight excluding hydrogens is 328 g/mol. The zero-order chi connectivity index (χ0) is 15.4. The number of hydrogen-bond donors (Lipinski definition) is 2. The minimum Gasteiger partial charge on any atom is -0.493 e. The number of benzene rings is 2. The molecule has 0 aliphatic heterocycles. The van der Waals surface area contributed by atoms with Crippen molar-refractivity contribution in [1.29, 1.82) is 0 Å². The van der Waals surface area contributed by atoms with Gasteiger partial charge in [0.1, 0.15) is 5.75 Å². The Labute approximate surface area is 134 Å². The second-order valence-electron chi connectivity index (χ2n) is 5.18. The maximum atomic E-state index is 5.96. The van der Waals surface area contributed by atoms with Crippen LogP contribution in [0, 0.1) is 13.8 Å².